The number of halogens is 1. The minimum atomic E-state index is -1.27. The third-order valence-corrected chi connectivity index (χ3v) is 6.99. The summed E-state index contributed by atoms with van der Waals surface area (Å²) in [6.45, 7) is 0. The molecule has 2 aliphatic rings. The standard InChI is InChI=1S/C25H26BrNO5/c1-30-23(28)20-21(24(29)31-2)25(15-26,32-22(20)27-19-10-4-3-5-11-19)18-13-12-16-8-6-7-9-17(16)14-18/h6-9,12-14,19H,3-5,10-11,15H2,1-2H3. The van der Waals surface area contributed by atoms with E-state index in [0.29, 0.717) is 0 Å². The summed E-state index contributed by atoms with van der Waals surface area (Å²) in [5.41, 5.74) is -0.399. The molecule has 0 bridgehead atoms. The average Bonchev–Trinajstić information content (AvgIpc) is 3.18. The number of ether oxygens (including phenoxy) is 3. The van der Waals surface area contributed by atoms with Gasteiger partial charge in [0.2, 0.25) is 5.90 Å². The van der Waals surface area contributed by atoms with Crippen LogP contribution in [0.25, 0.3) is 10.8 Å². The third kappa shape index (κ3) is 3.94. The molecule has 1 aliphatic heterocycles. The lowest BCUT2D eigenvalue weighted by Gasteiger charge is -2.29. The first-order chi connectivity index (χ1) is 15.5. The smallest absolute Gasteiger partial charge is 0.344 e. The van der Waals surface area contributed by atoms with Gasteiger partial charge >= 0.3 is 11.9 Å². The number of esters is 2. The Labute approximate surface area is 195 Å². The van der Waals surface area contributed by atoms with E-state index in [-0.39, 0.29) is 28.4 Å². The number of nitrogens with zero attached hydrogens (tertiary/aromatic N) is 1. The number of rotatable bonds is 5. The summed E-state index contributed by atoms with van der Waals surface area (Å²) in [6.07, 6.45) is 5.18. The van der Waals surface area contributed by atoms with Crippen molar-refractivity contribution in [2.24, 2.45) is 4.99 Å². The van der Waals surface area contributed by atoms with Crippen molar-refractivity contribution < 1.29 is 23.8 Å². The van der Waals surface area contributed by atoms with Gasteiger partial charge in [0.15, 0.2) is 5.60 Å². The van der Waals surface area contributed by atoms with E-state index in [1.807, 2.05) is 42.5 Å². The predicted molar refractivity (Wildman–Crippen MR) is 126 cm³/mol. The van der Waals surface area contributed by atoms with Crippen LogP contribution in [-0.4, -0.2) is 43.4 Å². The van der Waals surface area contributed by atoms with E-state index in [9.17, 15) is 9.59 Å². The molecule has 168 valence electrons. The zero-order chi connectivity index (χ0) is 22.7. The Bertz CT molecular complexity index is 1100. The molecule has 1 atom stereocenters. The van der Waals surface area contributed by atoms with Gasteiger partial charge in [0, 0.05) is 5.56 Å². The fourth-order valence-electron chi connectivity index (χ4n) is 4.52. The SMILES string of the molecule is COC(=O)C1=C(C(=O)OC)C(CBr)(c2ccc3ccccc3c2)OC1=NC1CCCCC1. The number of hydrogen-bond donors (Lipinski definition) is 0. The number of methoxy groups -OCH3 is 2. The lowest BCUT2D eigenvalue weighted by molar-refractivity contribution is -0.139. The van der Waals surface area contributed by atoms with Crippen LogP contribution in [-0.2, 0) is 29.4 Å². The van der Waals surface area contributed by atoms with Crippen molar-refractivity contribution in [2.75, 3.05) is 19.5 Å². The van der Waals surface area contributed by atoms with Crippen molar-refractivity contribution in [2.45, 2.75) is 43.7 Å². The van der Waals surface area contributed by atoms with Crippen LogP contribution in [0.4, 0.5) is 0 Å². The highest BCUT2D eigenvalue weighted by molar-refractivity contribution is 9.09. The lowest BCUT2D eigenvalue weighted by atomic mass is 9.85. The van der Waals surface area contributed by atoms with Crippen molar-refractivity contribution in [3.8, 4) is 0 Å². The first kappa shape index (κ1) is 22.5. The number of hydrogen-bond acceptors (Lipinski definition) is 6. The summed E-state index contributed by atoms with van der Waals surface area (Å²) < 4.78 is 16.6. The van der Waals surface area contributed by atoms with E-state index in [1.54, 1.807) is 0 Å². The van der Waals surface area contributed by atoms with Gasteiger partial charge in [-0.3, -0.25) is 0 Å². The van der Waals surface area contributed by atoms with E-state index < -0.39 is 17.5 Å². The van der Waals surface area contributed by atoms with Crippen molar-refractivity contribution in [1.29, 1.82) is 0 Å². The molecular weight excluding hydrogens is 474 g/mol. The molecule has 0 amide bonds. The molecule has 0 radical (unpaired) electrons. The molecular formula is C25H26BrNO5. The Balaban J connectivity index is 1.93. The van der Waals surface area contributed by atoms with E-state index in [4.69, 9.17) is 19.2 Å². The van der Waals surface area contributed by atoms with E-state index >= 15 is 0 Å². The summed E-state index contributed by atoms with van der Waals surface area (Å²) >= 11 is 3.55. The predicted octanol–water partition coefficient (Wildman–Crippen LogP) is 4.83. The molecule has 1 unspecified atom stereocenters. The van der Waals surface area contributed by atoms with E-state index in [0.717, 1.165) is 42.0 Å². The van der Waals surface area contributed by atoms with Crippen LogP contribution in [0.2, 0.25) is 0 Å². The second-order valence-corrected chi connectivity index (χ2v) is 8.64. The van der Waals surface area contributed by atoms with Crippen molar-refractivity contribution >= 4 is 44.5 Å². The molecule has 6 nitrogen and oxygen atoms in total. The molecule has 1 saturated carbocycles. The molecule has 0 spiro atoms. The summed E-state index contributed by atoms with van der Waals surface area (Å²) in [7, 11) is 2.58. The number of fused-ring (bicyclic) bond motifs is 1. The zero-order valence-corrected chi connectivity index (χ0v) is 19.8. The van der Waals surface area contributed by atoms with Gasteiger partial charge in [0.25, 0.3) is 0 Å². The van der Waals surface area contributed by atoms with Crippen LogP contribution in [0.3, 0.4) is 0 Å². The fraction of sp³-hybridized carbons (Fsp3) is 0.400. The maximum Gasteiger partial charge on any atom is 0.344 e. The lowest BCUT2D eigenvalue weighted by Crippen LogP contribution is -2.35. The summed E-state index contributed by atoms with van der Waals surface area (Å²) in [5, 5.41) is 2.29. The molecule has 1 heterocycles. The first-order valence-electron chi connectivity index (χ1n) is 10.8. The van der Waals surface area contributed by atoms with Crippen LogP contribution < -0.4 is 0 Å². The third-order valence-electron chi connectivity index (χ3n) is 6.20. The fourth-order valence-corrected chi connectivity index (χ4v) is 5.24. The van der Waals surface area contributed by atoms with E-state index in [2.05, 4.69) is 15.9 Å². The number of carbonyl (C=O) groups is 2. The largest absolute Gasteiger partial charge is 0.466 e. The molecule has 1 aliphatic carbocycles. The highest BCUT2D eigenvalue weighted by Crippen LogP contribution is 2.45. The van der Waals surface area contributed by atoms with Gasteiger partial charge in [0.05, 0.1) is 25.6 Å². The molecule has 0 aromatic heterocycles. The maximum absolute atomic E-state index is 13.1. The molecule has 7 heteroatoms. The van der Waals surface area contributed by atoms with Gasteiger partial charge in [-0.15, -0.1) is 0 Å². The second-order valence-electron chi connectivity index (χ2n) is 8.08. The Kier molecular flexibility index (Phi) is 6.65. The molecule has 0 saturated heterocycles. The molecule has 2 aromatic rings. The van der Waals surface area contributed by atoms with Crippen molar-refractivity contribution in [1.82, 2.24) is 0 Å². The average molecular weight is 500 g/mol. The van der Waals surface area contributed by atoms with Crippen molar-refractivity contribution in [3.05, 3.63) is 59.2 Å². The number of benzene rings is 2. The maximum atomic E-state index is 13.1. The normalized spacial score (nSPS) is 22.8. The van der Waals surface area contributed by atoms with Crippen LogP contribution in [0.1, 0.15) is 37.7 Å². The van der Waals surface area contributed by atoms with Gasteiger partial charge in [-0.25, -0.2) is 14.6 Å². The van der Waals surface area contributed by atoms with Crippen LogP contribution in [0, 0.1) is 0 Å². The van der Waals surface area contributed by atoms with Gasteiger partial charge in [0.1, 0.15) is 11.1 Å². The molecule has 32 heavy (non-hydrogen) atoms. The molecule has 1 fully saturated rings. The summed E-state index contributed by atoms with van der Waals surface area (Å²) in [4.78, 5) is 30.7. The highest BCUT2D eigenvalue weighted by atomic mass is 79.9. The van der Waals surface area contributed by atoms with Crippen LogP contribution >= 0.6 is 15.9 Å². The minimum absolute atomic E-state index is 0.0394. The van der Waals surface area contributed by atoms with Crippen LogP contribution in [0.5, 0.6) is 0 Å². The zero-order valence-electron chi connectivity index (χ0n) is 18.2. The Morgan fingerprint density at radius 1 is 1.03 bits per heavy atom. The Hall–Kier alpha value is -2.67. The van der Waals surface area contributed by atoms with Gasteiger partial charge < -0.3 is 14.2 Å². The van der Waals surface area contributed by atoms with Crippen LogP contribution in [0.15, 0.2) is 58.6 Å². The number of carbonyl (C=O) groups excluding carboxylic acids is 2. The summed E-state index contributed by atoms with van der Waals surface area (Å²) in [6, 6.07) is 13.8. The van der Waals surface area contributed by atoms with Gasteiger partial charge in [-0.1, -0.05) is 71.6 Å². The van der Waals surface area contributed by atoms with Gasteiger partial charge in [-0.2, -0.15) is 0 Å². The summed E-state index contributed by atoms with van der Waals surface area (Å²) in [5.74, 6) is -1.16. The monoisotopic (exact) mass is 499 g/mol. The molecule has 4 rings (SSSR count). The quantitative estimate of drug-likeness (QED) is 0.434. The molecule has 2 aromatic carbocycles. The van der Waals surface area contributed by atoms with Crippen molar-refractivity contribution in [3.63, 3.8) is 0 Å². The first-order valence-corrected chi connectivity index (χ1v) is 11.9. The second kappa shape index (κ2) is 9.45. The Morgan fingerprint density at radius 3 is 2.38 bits per heavy atom. The van der Waals surface area contributed by atoms with E-state index in [1.165, 1.54) is 20.6 Å². The minimum Gasteiger partial charge on any atom is -0.466 e. The topological polar surface area (TPSA) is 74.2 Å². The number of alkyl halides is 1. The highest BCUT2D eigenvalue weighted by Gasteiger charge is 2.53. The molecule has 0 N–H and O–H groups in total. The van der Waals surface area contributed by atoms with Gasteiger partial charge in [-0.05, 0) is 29.7 Å². The Morgan fingerprint density at radius 2 is 1.72 bits per heavy atom. The number of aliphatic imine (C=N–C) groups is 1.